The zero-order valence-corrected chi connectivity index (χ0v) is 7.71. The van der Waals surface area contributed by atoms with Crippen molar-refractivity contribution >= 4 is 16.5 Å². The van der Waals surface area contributed by atoms with Gasteiger partial charge in [-0.3, -0.25) is 4.79 Å². The van der Waals surface area contributed by atoms with Gasteiger partial charge < -0.3 is 0 Å². The minimum atomic E-state index is -4.66. The zero-order chi connectivity index (χ0) is 10.6. The highest BCUT2D eigenvalue weighted by atomic mass is 32.3. The van der Waals surface area contributed by atoms with E-state index < -0.39 is 15.1 Å². The molecule has 3 nitrogen and oxygen atoms in total. The molecule has 0 saturated carbocycles. The average molecular weight is 212 g/mol. The van der Waals surface area contributed by atoms with Crippen LogP contribution in [0.4, 0.5) is 3.89 Å². The minimum absolute atomic E-state index is 0.416. The van der Waals surface area contributed by atoms with E-state index in [2.05, 4.69) is 11.8 Å². The Balaban J connectivity index is 3.07. The summed E-state index contributed by atoms with van der Waals surface area (Å²) in [6.45, 7) is 0. The Labute approximate surface area is 80.8 Å². The van der Waals surface area contributed by atoms with E-state index in [0.29, 0.717) is 11.8 Å². The summed E-state index contributed by atoms with van der Waals surface area (Å²) in [7, 11) is -4.66. The second kappa shape index (κ2) is 4.03. The van der Waals surface area contributed by atoms with Crippen LogP contribution in [0.25, 0.3) is 0 Å². The Hall–Kier alpha value is -1.67. The van der Waals surface area contributed by atoms with Crippen LogP contribution in [0.15, 0.2) is 29.2 Å². The molecule has 1 aromatic carbocycles. The monoisotopic (exact) mass is 212 g/mol. The Kier molecular flexibility index (Phi) is 2.99. The van der Waals surface area contributed by atoms with Crippen LogP contribution in [0.1, 0.15) is 5.56 Å². The van der Waals surface area contributed by atoms with Gasteiger partial charge in [0, 0.05) is 5.56 Å². The summed E-state index contributed by atoms with van der Waals surface area (Å²) in [4.78, 5) is 9.45. The maximum absolute atomic E-state index is 12.4. The van der Waals surface area contributed by atoms with Gasteiger partial charge in [0.2, 0.25) is 0 Å². The lowest BCUT2D eigenvalue weighted by atomic mass is 10.2. The normalized spacial score (nSPS) is 10.1. The lowest BCUT2D eigenvalue weighted by Gasteiger charge is -1.93. The molecule has 0 bridgehead atoms. The highest BCUT2D eigenvalue weighted by Crippen LogP contribution is 2.12. The summed E-state index contributed by atoms with van der Waals surface area (Å²) in [6, 6.07) is 4.82. The summed E-state index contributed by atoms with van der Waals surface area (Å²) >= 11 is 0. The summed E-state index contributed by atoms with van der Waals surface area (Å²) in [5, 5.41) is 0. The number of rotatable bonds is 1. The van der Waals surface area contributed by atoms with Crippen LogP contribution < -0.4 is 0 Å². The fraction of sp³-hybridized carbons (Fsp3) is 0. The number of aldehydes is 1. The summed E-state index contributed by atoms with van der Waals surface area (Å²) in [5.74, 6) is 4.59. The van der Waals surface area contributed by atoms with Gasteiger partial charge in [-0.1, -0.05) is 5.92 Å². The van der Waals surface area contributed by atoms with Crippen LogP contribution in [0.3, 0.4) is 0 Å². The molecule has 0 aliphatic carbocycles. The van der Waals surface area contributed by atoms with Crippen molar-refractivity contribution in [3.8, 4) is 11.8 Å². The standard InChI is InChI=1S/C9H5FO3S/c10-14(12,13)9-5-3-8(4-6-9)2-1-7-11/h3-7H. The maximum atomic E-state index is 12.4. The lowest BCUT2D eigenvalue weighted by molar-refractivity contribution is -0.103. The quantitative estimate of drug-likeness (QED) is 0.394. The number of hydrogen-bond donors (Lipinski definition) is 0. The topological polar surface area (TPSA) is 51.2 Å². The highest BCUT2D eigenvalue weighted by Gasteiger charge is 2.09. The largest absolute Gasteiger partial charge is 0.332 e. The van der Waals surface area contributed by atoms with E-state index in [1.165, 1.54) is 12.1 Å². The van der Waals surface area contributed by atoms with Gasteiger partial charge in [0.25, 0.3) is 0 Å². The van der Waals surface area contributed by atoms with Gasteiger partial charge in [-0.15, -0.1) is 3.89 Å². The fourth-order valence-electron chi connectivity index (χ4n) is 0.814. The number of hydrogen-bond acceptors (Lipinski definition) is 3. The molecule has 14 heavy (non-hydrogen) atoms. The molecule has 0 unspecified atom stereocenters. The zero-order valence-electron chi connectivity index (χ0n) is 6.90. The number of halogens is 1. The molecule has 0 amide bonds. The smallest absolute Gasteiger partial charge is 0.289 e. The molecule has 5 heteroatoms. The molecule has 0 fully saturated rings. The number of carbonyl (C=O) groups is 1. The Bertz CT molecular complexity index is 491. The maximum Gasteiger partial charge on any atom is 0.332 e. The van der Waals surface area contributed by atoms with Crippen molar-refractivity contribution in [2.75, 3.05) is 0 Å². The van der Waals surface area contributed by atoms with Crippen molar-refractivity contribution in [3.05, 3.63) is 29.8 Å². The molecular weight excluding hydrogens is 207 g/mol. The van der Waals surface area contributed by atoms with Crippen LogP contribution in [0.5, 0.6) is 0 Å². The first-order valence-corrected chi connectivity index (χ1v) is 4.92. The third-order valence-corrected chi connectivity index (χ3v) is 2.25. The van der Waals surface area contributed by atoms with Gasteiger partial charge in [-0.05, 0) is 30.2 Å². The SMILES string of the molecule is O=CC#Cc1ccc(S(=O)(=O)F)cc1. The van der Waals surface area contributed by atoms with Gasteiger partial charge in [0.15, 0.2) is 6.29 Å². The van der Waals surface area contributed by atoms with E-state index in [1.807, 2.05) is 0 Å². The first-order valence-electron chi connectivity index (χ1n) is 3.54. The van der Waals surface area contributed by atoms with E-state index >= 15 is 0 Å². The van der Waals surface area contributed by atoms with E-state index in [-0.39, 0.29) is 0 Å². The summed E-state index contributed by atoms with van der Waals surface area (Å²) in [5.41, 5.74) is 0.449. The molecule has 1 aromatic rings. The van der Waals surface area contributed by atoms with Crippen molar-refractivity contribution in [1.82, 2.24) is 0 Å². The van der Waals surface area contributed by atoms with Gasteiger partial charge >= 0.3 is 10.2 Å². The van der Waals surface area contributed by atoms with Crippen molar-refractivity contribution in [2.24, 2.45) is 0 Å². The number of benzene rings is 1. The Morgan fingerprint density at radius 3 is 2.21 bits per heavy atom. The first kappa shape index (κ1) is 10.4. The van der Waals surface area contributed by atoms with Crippen LogP contribution in [0.2, 0.25) is 0 Å². The lowest BCUT2D eigenvalue weighted by Crippen LogP contribution is -1.91. The van der Waals surface area contributed by atoms with Gasteiger partial charge in [0.05, 0.1) is 4.90 Å². The second-order valence-corrected chi connectivity index (χ2v) is 3.70. The molecule has 0 saturated heterocycles. The first-order chi connectivity index (χ1) is 6.54. The highest BCUT2D eigenvalue weighted by molar-refractivity contribution is 7.86. The van der Waals surface area contributed by atoms with E-state index in [4.69, 9.17) is 0 Å². The van der Waals surface area contributed by atoms with Crippen molar-refractivity contribution in [2.45, 2.75) is 4.90 Å². The minimum Gasteiger partial charge on any atom is -0.289 e. The van der Waals surface area contributed by atoms with Crippen LogP contribution in [-0.4, -0.2) is 14.7 Å². The molecule has 0 aliphatic heterocycles. The molecule has 0 aromatic heterocycles. The average Bonchev–Trinajstić information content (AvgIpc) is 2.14. The van der Waals surface area contributed by atoms with Crippen molar-refractivity contribution in [1.29, 1.82) is 0 Å². The van der Waals surface area contributed by atoms with Gasteiger partial charge in [0.1, 0.15) is 0 Å². The Morgan fingerprint density at radius 1 is 1.21 bits per heavy atom. The van der Waals surface area contributed by atoms with Crippen LogP contribution in [0, 0.1) is 11.8 Å². The van der Waals surface area contributed by atoms with E-state index in [9.17, 15) is 17.1 Å². The second-order valence-electron chi connectivity index (χ2n) is 2.35. The third kappa shape index (κ3) is 2.68. The molecular formula is C9H5FO3S. The van der Waals surface area contributed by atoms with Crippen molar-refractivity contribution < 1.29 is 17.1 Å². The van der Waals surface area contributed by atoms with Gasteiger partial charge in [-0.2, -0.15) is 8.42 Å². The van der Waals surface area contributed by atoms with Crippen LogP contribution >= 0.6 is 0 Å². The van der Waals surface area contributed by atoms with E-state index in [1.54, 1.807) is 0 Å². The summed E-state index contributed by atoms with van der Waals surface area (Å²) < 4.78 is 33.2. The Morgan fingerprint density at radius 2 is 1.79 bits per heavy atom. The fourth-order valence-corrected chi connectivity index (χ4v) is 1.27. The molecule has 72 valence electrons. The number of carbonyl (C=O) groups excluding carboxylic acids is 1. The molecule has 0 N–H and O–H groups in total. The predicted octanol–water partition coefficient (Wildman–Crippen LogP) is 0.895. The van der Waals surface area contributed by atoms with Gasteiger partial charge in [-0.25, -0.2) is 0 Å². The van der Waals surface area contributed by atoms with Crippen LogP contribution in [-0.2, 0) is 15.0 Å². The molecule has 0 heterocycles. The third-order valence-electron chi connectivity index (χ3n) is 1.41. The predicted molar refractivity (Wildman–Crippen MR) is 47.7 cm³/mol. The molecule has 0 radical (unpaired) electrons. The molecule has 0 aliphatic rings. The van der Waals surface area contributed by atoms with E-state index in [0.717, 1.165) is 12.1 Å². The molecule has 1 rings (SSSR count). The molecule has 0 spiro atoms. The molecule has 0 atom stereocenters. The van der Waals surface area contributed by atoms with Crippen molar-refractivity contribution in [3.63, 3.8) is 0 Å². The summed E-state index contributed by atoms with van der Waals surface area (Å²) in [6.07, 6.45) is 0.416.